The predicted molar refractivity (Wildman–Crippen MR) is 89.2 cm³/mol. The van der Waals surface area contributed by atoms with Crippen LogP contribution in [0.1, 0.15) is 10.4 Å². The maximum atomic E-state index is 12.3. The molecule has 5 nitrogen and oxygen atoms in total. The Labute approximate surface area is 141 Å². The van der Waals surface area contributed by atoms with Crippen molar-refractivity contribution in [2.45, 2.75) is 4.90 Å². The molecule has 2 aromatic rings. The molecule has 0 spiro atoms. The summed E-state index contributed by atoms with van der Waals surface area (Å²) in [4.78, 5) is 13.0. The van der Waals surface area contributed by atoms with Crippen LogP contribution in [0, 0.1) is 0 Å². The Morgan fingerprint density at radius 2 is 1.74 bits per heavy atom. The third-order valence-corrected chi connectivity index (χ3v) is 4.58. The van der Waals surface area contributed by atoms with Gasteiger partial charge in [-0.1, -0.05) is 11.6 Å². The molecule has 1 aliphatic rings. The third-order valence-electron chi connectivity index (χ3n) is 3.33. The monoisotopic (exact) mass is 351 g/mol. The van der Waals surface area contributed by atoms with Gasteiger partial charge in [0.15, 0.2) is 11.5 Å². The average molecular weight is 352 g/mol. The molecule has 0 aromatic heterocycles. The van der Waals surface area contributed by atoms with Crippen LogP contribution in [0.4, 0.5) is 5.69 Å². The van der Waals surface area contributed by atoms with Crippen molar-refractivity contribution in [1.82, 2.24) is 0 Å². The van der Waals surface area contributed by atoms with Gasteiger partial charge in [-0.3, -0.25) is 9.00 Å². The Morgan fingerprint density at radius 3 is 2.35 bits per heavy atom. The largest absolute Gasteiger partial charge is 0.486 e. The highest BCUT2D eigenvalue weighted by atomic mass is 35.5. The molecule has 1 amide bonds. The van der Waals surface area contributed by atoms with Crippen LogP contribution in [0.5, 0.6) is 11.5 Å². The van der Waals surface area contributed by atoms with E-state index in [0.29, 0.717) is 45.9 Å². The number of anilines is 1. The van der Waals surface area contributed by atoms with Gasteiger partial charge in [-0.2, -0.15) is 0 Å². The molecule has 0 bridgehead atoms. The molecule has 1 heterocycles. The van der Waals surface area contributed by atoms with Gasteiger partial charge in [0.2, 0.25) is 0 Å². The number of fused-ring (bicyclic) bond motifs is 1. The lowest BCUT2D eigenvalue weighted by molar-refractivity contribution is 0.102. The highest BCUT2D eigenvalue weighted by Crippen LogP contribution is 2.38. The van der Waals surface area contributed by atoms with E-state index in [1.54, 1.807) is 42.7 Å². The zero-order valence-electron chi connectivity index (χ0n) is 12.3. The van der Waals surface area contributed by atoms with Crippen molar-refractivity contribution >= 4 is 34.0 Å². The van der Waals surface area contributed by atoms with Crippen LogP contribution in [0.25, 0.3) is 0 Å². The number of hydrogen-bond donors (Lipinski definition) is 1. The fourth-order valence-electron chi connectivity index (χ4n) is 2.15. The fraction of sp³-hybridized carbons (Fsp3) is 0.188. The molecular formula is C16H14ClNO4S. The number of ether oxygens (including phenoxy) is 2. The number of nitrogens with one attached hydrogen (secondary N) is 1. The first kappa shape index (κ1) is 15.8. The minimum atomic E-state index is -1.08. The van der Waals surface area contributed by atoms with E-state index in [1.807, 2.05) is 0 Å². The summed E-state index contributed by atoms with van der Waals surface area (Å²) in [6.45, 7) is 0.928. The summed E-state index contributed by atoms with van der Waals surface area (Å²) < 4.78 is 22.3. The first-order chi connectivity index (χ1) is 11.0. The van der Waals surface area contributed by atoms with Crippen LogP contribution in [-0.4, -0.2) is 29.6 Å². The first-order valence-corrected chi connectivity index (χ1v) is 8.82. The van der Waals surface area contributed by atoms with Crippen molar-refractivity contribution in [3.63, 3.8) is 0 Å². The van der Waals surface area contributed by atoms with Crippen molar-refractivity contribution in [1.29, 1.82) is 0 Å². The zero-order chi connectivity index (χ0) is 16.4. The molecule has 1 atom stereocenters. The number of carbonyl (C=O) groups excluding carboxylic acids is 1. The van der Waals surface area contributed by atoms with Crippen LogP contribution in [-0.2, 0) is 10.8 Å². The van der Waals surface area contributed by atoms with E-state index >= 15 is 0 Å². The molecule has 0 saturated carbocycles. The molecule has 1 N–H and O–H groups in total. The Bertz CT molecular complexity index is 776. The molecule has 1 aliphatic heterocycles. The van der Waals surface area contributed by atoms with Crippen LogP contribution in [0.3, 0.4) is 0 Å². The fourth-order valence-corrected chi connectivity index (χ4v) is 2.87. The summed E-state index contributed by atoms with van der Waals surface area (Å²) in [6.07, 6.45) is 1.59. The van der Waals surface area contributed by atoms with E-state index in [9.17, 15) is 9.00 Å². The lowest BCUT2D eigenvalue weighted by atomic mass is 10.2. The number of hydrogen-bond acceptors (Lipinski definition) is 4. The standard InChI is InChI=1S/C16H14ClNO4S/c1-23(20)11-4-2-10(3-5-11)16(19)18-13-9-15-14(8-12(13)17)21-6-7-22-15/h2-5,8-9H,6-7H2,1H3,(H,18,19). The molecule has 0 fully saturated rings. The van der Waals surface area contributed by atoms with Gasteiger partial charge in [-0.25, -0.2) is 0 Å². The molecule has 1 unspecified atom stereocenters. The van der Waals surface area contributed by atoms with E-state index in [1.165, 1.54) is 0 Å². The Hall–Kier alpha value is -2.05. The molecular weight excluding hydrogens is 338 g/mol. The van der Waals surface area contributed by atoms with Crippen LogP contribution in [0.15, 0.2) is 41.3 Å². The van der Waals surface area contributed by atoms with Gasteiger partial charge in [0.25, 0.3) is 5.91 Å². The second-order valence-electron chi connectivity index (χ2n) is 4.91. The number of amides is 1. The smallest absolute Gasteiger partial charge is 0.255 e. The lowest BCUT2D eigenvalue weighted by Crippen LogP contribution is -2.17. The van der Waals surface area contributed by atoms with Crippen LogP contribution >= 0.6 is 11.6 Å². The summed E-state index contributed by atoms with van der Waals surface area (Å²) >= 11 is 6.17. The third kappa shape index (κ3) is 3.48. The molecule has 7 heteroatoms. The topological polar surface area (TPSA) is 64.6 Å². The second-order valence-corrected chi connectivity index (χ2v) is 6.70. The second kappa shape index (κ2) is 6.60. The van der Waals surface area contributed by atoms with E-state index in [2.05, 4.69) is 5.32 Å². The lowest BCUT2D eigenvalue weighted by Gasteiger charge is -2.20. The van der Waals surface area contributed by atoms with Gasteiger partial charge in [-0.15, -0.1) is 0 Å². The average Bonchev–Trinajstić information content (AvgIpc) is 2.55. The Morgan fingerprint density at radius 1 is 1.13 bits per heavy atom. The molecule has 3 rings (SSSR count). The molecule has 120 valence electrons. The van der Waals surface area contributed by atoms with Gasteiger partial charge < -0.3 is 14.8 Å². The number of rotatable bonds is 3. The first-order valence-electron chi connectivity index (χ1n) is 6.88. The van der Waals surface area contributed by atoms with Gasteiger partial charge in [0.05, 0.1) is 10.7 Å². The maximum Gasteiger partial charge on any atom is 0.255 e. The molecule has 0 radical (unpaired) electrons. The number of carbonyl (C=O) groups is 1. The predicted octanol–water partition coefficient (Wildman–Crippen LogP) is 3.10. The van der Waals surface area contributed by atoms with E-state index in [-0.39, 0.29) is 5.91 Å². The van der Waals surface area contributed by atoms with Crippen molar-refractivity contribution < 1.29 is 18.5 Å². The van der Waals surface area contributed by atoms with E-state index in [4.69, 9.17) is 21.1 Å². The maximum absolute atomic E-state index is 12.3. The highest BCUT2D eigenvalue weighted by Gasteiger charge is 2.17. The summed E-state index contributed by atoms with van der Waals surface area (Å²) in [5.74, 6) is 0.804. The van der Waals surface area contributed by atoms with Gasteiger partial charge in [0.1, 0.15) is 13.2 Å². The summed E-state index contributed by atoms with van der Waals surface area (Å²) in [5.41, 5.74) is 0.897. The van der Waals surface area contributed by atoms with Crippen LogP contribution in [0.2, 0.25) is 5.02 Å². The van der Waals surface area contributed by atoms with Crippen molar-refractivity contribution in [3.05, 3.63) is 47.0 Å². The summed E-state index contributed by atoms with van der Waals surface area (Å²) in [6, 6.07) is 9.84. The van der Waals surface area contributed by atoms with Crippen molar-refractivity contribution in [2.24, 2.45) is 0 Å². The van der Waals surface area contributed by atoms with Crippen molar-refractivity contribution in [2.75, 3.05) is 24.8 Å². The molecule has 2 aromatic carbocycles. The minimum absolute atomic E-state index is 0.308. The molecule has 23 heavy (non-hydrogen) atoms. The van der Waals surface area contributed by atoms with Gasteiger partial charge in [0, 0.05) is 39.6 Å². The summed E-state index contributed by atoms with van der Waals surface area (Å²) in [5, 5.41) is 3.11. The normalized spacial score (nSPS) is 14.2. The summed E-state index contributed by atoms with van der Waals surface area (Å²) in [7, 11) is -1.08. The Kier molecular flexibility index (Phi) is 4.54. The molecule has 0 aliphatic carbocycles. The zero-order valence-corrected chi connectivity index (χ0v) is 13.9. The van der Waals surface area contributed by atoms with Crippen LogP contribution < -0.4 is 14.8 Å². The Balaban J connectivity index is 1.81. The van der Waals surface area contributed by atoms with E-state index in [0.717, 1.165) is 0 Å². The number of halogens is 1. The van der Waals surface area contributed by atoms with Gasteiger partial charge >= 0.3 is 0 Å². The molecule has 0 saturated heterocycles. The number of benzene rings is 2. The van der Waals surface area contributed by atoms with Gasteiger partial charge in [-0.05, 0) is 24.3 Å². The highest BCUT2D eigenvalue weighted by molar-refractivity contribution is 7.84. The quantitative estimate of drug-likeness (QED) is 0.922. The van der Waals surface area contributed by atoms with Crippen molar-refractivity contribution in [3.8, 4) is 11.5 Å². The SMILES string of the molecule is CS(=O)c1ccc(C(=O)Nc2cc3c(cc2Cl)OCCO3)cc1. The minimum Gasteiger partial charge on any atom is -0.486 e. The van der Waals surface area contributed by atoms with E-state index < -0.39 is 10.8 Å².